The van der Waals surface area contributed by atoms with Gasteiger partial charge in [0.15, 0.2) is 6.23 Å². The van der Waals surface area contributed by atoms with Crippen LogP contribution in [0.1, 0.15) is 11.8 Å². The monoisotopic (exact) mass is 254 g/mol. The molecule has 7 nitrogen and oxygen atoms in total. The molecule has 0 aromatic carbocycles. The lowest BCUT2D eigenvalue weighted by molar-refractivity contribution is -0.0448. The highest BCUT2D eigenvalue weighted by atomic mass is 16.5. The first-order valence-electron chi connectivity index (χ1n) is 5.41. The molecule has 1 aromatic rings. The van der Waals surface area contributed by atoms with Gasteiger partial charge in [0.1, 0.15) is 12.2 Å². The lowest BCUT2D eigenvalue weighted by Crippen LogP contribution is -2.33. The zero-order valence-electron chi connectivity index (χ0n) is 9.79. The van der Waals surface area contributed by atoms with Gasteiger partial charge in [-0.05, 0) is 6.92 Å². The number of ether oxygens (including phenoxy) is 1. The summed E-state index contributed by atoms with van der Waals surface area (Å²) >= 11 is 0. The van der Waals surface area contributed by atoms with Gasteiger partial charge in [-0.1, -0.05) is 6.58 Å². The summed E-state index contributed by atoms with van der Waals surface area (Å²) in [6.45, 7) is 4.81. The van der Waals surface area contributed by atoms with E-state index < -0.39 is 29.7 Å². The number of aromatic amines is 1. The molecule has 1 saturated heterocycles. The van der Waals surface area contributed by atoms with E-state index in [9.17, 15) is 14.7 Å². The number of aromatic nitrogens is 2. The maximum Gasteiger partial charge on any atom is 0.330 e. The average molecular weight is 254 g/mol. The molecule has 1 fully saturated rings. The van der Waals surface area contributed by atoms with Gasteiger partial charge in [-0.25, -0.2) is 4.79 Å². The Kier molecular flexibility index (Phi) is 3.20. The van der Waals surface area contributed by atoms with Crippen LogP contribution >= 0.6 is 0 Å². The molecule has 1 unspecified atom stereocenters. The Labute approximate surface area is 102 Å². The van der Waals surface area contributed by atoms with Gasteiger partial charge in [0, 0.05) is 17.3 Å². The number of rotatable bonds is 2. The predicted octanol–water partition coefficient (Wildman–Crippen LogP) is -1.35. The second-order valence-corrected chi connectivity index (χ2v) is 4.21. The molecule has 2 heterocycles. The maximum atomic E-state index is 11.7. The predicted molar refractivity (Wildman–Crippen MR) is 62.2 cm³/mol. The number of aliphatic hydroxyl groups is 2. The van der Waals surface area contributed by atoms with Gasteiger partial charge < -0.3 is 14.9 Å². The van der Waals surface area contributed by atoms with Gasteiger partial charge >= 0.3 is 5.69 Å². The Morgan fingerprint density at radius 3 is 2.78 bits per heavy atom. The van der Waals surface area contributed by atoms with Crippen LogP contribution in [0.2, 0.25) is 0 Å². The van der Waals surface area contributed by atoms with Crippen LogP contribution in [0, 0.1) is 6.92 Å². The van der Waals surface area contributed by atoms with E-state index in [0.717, 1.165) is 4.57 Å². The fourth-order valence-corrected chi connectivity index (χ4v) is 1.86. The van der Waals surface area contributed by atoms with Crippen LogP contribution in [0.5, 0.6) is 0 Å². The number of hydrogen-bond donors (Lipinski definition) is 3. The van der Waals surface area contributed by atoms with Crippen molar-refractivity contribution >= 4 is 0 Å². The van der Waals surface area contributed by atoms with Crippen molar-refractivity contribution in [3.63, 3.8) is 0 Å². The lowest BCUT2D eigenvalue weighted by atomic mass is 10.1. The summed E-state index contributed by atoms with van der Waals surface area (Å²) in [5.74, 6) is 0. The van der Waals surface area contributed by atoms with Gasteiger partial charge in [-0.2, -0.15) is 0 Å². The smallest absolute Gasteiger partial charge is 0.330 e. The Morgan fingerprint density at radius 2 is 2.22 bits per heavy atom. The minimum Gasteiger partial charge on any atom is -0.394 e. The molecular formula is C11H14N2O5. The van der Waals surface area contributed by atoms with Crippen molar-refractivity contribution in [1.82, 2.24) is 9.55 Å². The number of H-pyrrole nitrogens is 1. The summed E-state index contributed by atoms with van der Waals surface area (Å²) in [5, 5.41) is 18.7. The van der Waals surface area contributed by atoms with Crippen LogP contribution in [-0.2, 0) is 4.74 Å². The lowest BCUT2D eigenvalue weighted by Gasteiger charge is -2.15. The summed E-state index contributed by atoms with van der Waals surface area (Å²) in [4.78, 5) is 25.1. The Balaban J connectivity index is 2.45. The summed E-state index contributed by atoms with van der Waals surface area (Å²) in [7, 11) is 0. The van der Waals surface area contributed by atoms with E-state index in [0.29, 0.717) is 5.56 Å². The molecule has 98 valence electrons. The van der Waals surface area contributed by atoms with E-state index in [1.165, 1.54) is 6.20 Å². The SMILES string of the molecule is C=C1C(O)[C@@H](CO)O[C@H]1n1cc(C)c(=O)[nH]c1=O. The van der Waals surface area contributed by atoms with Crippen LogP contribution in [0.3, 0.4) is 0 Å². The third kappa shape index (κ3) is 1.92. The van der Waals surface area contributed by atoms with Crippen molar-refractivity contribution in [2.75, 3.05) is 6.61 Å². The number of nitrogens with one attached hydrogen (secondary N) is 1. The molecule has 0 radical (unpaired) electrons. The number of aliphatic hydroxyl groups excluding tert-OH is 2. The van der Waals surface area contributed by atoms with E-state index in [-0.39, 0.29) is 12.2 Å². The first kappa shape index (κ1) is 12.7. The maximum absolute atomic E-state index is 11.7. The van der Waals surface area contributed by atoms with Gasteiger partial charge in [-0.15, -0.1) is 0 Å². The van der Waals surface area contributed by atoms with E-state index >= 15 is 0 Å². The summed E-state index contributed by atoms with van der Waals surface area (Å²) in [6, 6.07) is 0. The summed E-state index contributed by atoms with van der Waals surface area (Å²) in [5.41, 5.74) is -0.516. The highest BCUT2D eigenvalue weighted by molar-refractivity contribution is 5.16. The number of hydrogen-bond acceptors (Lipinski definition) is 5. The molecule has 3 atom stereocenters. The van der Waals surface area contributed by atoms with Crippen LogP contribution < -0.4 is 11.2 Å². The van der Waals surface area contributed by atoms with Crippen molar-refractivity contribution in [3.8, 4) is 0 Å². The van der Waals surface area contributed by atoms with Crippen molar-refractivity contribution in [1.29, 1.82) is 0 Å². The van der Waals surface area contributed by atoms with Crippen molar-refractivity contribution in [2.24, 2.45) is 0 Å². The number of aryl methyl sites for hydroxylation is 1. The van der Waals surface area contributed by atoms with Crippen molar-refractivity contribution in [2.45, 2.75) is 25.4 Å². The summed E-state index contributed by atoms with van der Waals surface area (Å²) in [6.07, 6.45) is -1.41. The molecule has 0 aliphatic carbocycles. The van der Waals surface area contributed by atoms with E-state index in [1.54, 1.807) is 6.92 Å². The van der Waals surface area contributed by atoms with E-state index in [1.807, 2.05) is 0 Å². The van der Waals surface area contributed by atoms with E-state index in [4.69, 9.17) is 9.84 Å². The van der Waals surface area contributed by atoms with Crippen molar-refractivity contribution in [3.05, 3.63) is 44.8 Å². The normalized spacial score (nSPS) is 27.7. The molecule has 1 aliphatic heterocycles. The largest absolute Gasteiger partial charge is 0.394 e. The van der Waals surface area contributed by atoms with Gasteiger partial charge in [0.2, 0.25) is 0 Å². The highest BCUT2D eigenvalue weighted by Crippen LogP contribution is 2.31. The molecule has 7 heteroatoms. The number of nitrogens with zero attached hydrogens (tertiary/aromatic N) is 1. The Morgan fingerprint density at radius 1 is 1.56 bits per heavy atom. The van der Waals surface area contributed by atoms with Crippen LogP contribution in [0.25, 0.3) is 0 Å². The molecule has 2 rings (SSSR count). The second kappa shape index (κ2) is 4.52. The Bertz CT molecular complexity index is 588. The third-order valence-corrected chi connectivity index (χ3v) is 2.93. The van der Waals surface area contributed by atoms with Gasteiger partial charge in [0.25, 0.3) is 5.56 Å². The highest BCUT2D eigenvalue weighted by Gasteiger charge is 2.38. The Hall–Kier alpha value is -1.70. The average Bonchev–Trinajstić information content (AvgIpc) is 2.61. The standard InChI is InChI=1S/C11H14N2O5/c1-5-3-13(11(17)12-9(5)16)10-6(2)8(15)7(4-14)18-10/h3,7-8,10,14-15H,2,4H2,1H3,(H,12,16,17)/t7-,8?,10-/m1/s1. The zero-order chi connectivity index (χ0) is 13.4. The minimum absolute atomic E-state index is 0.266. The first-order chi connectivity index (χ1) is 8.45. The molecule has 0 saturated carbocycles. The summed E-state index contributed by atoms with van der Waals surface area (Å²) < 4.78 is 6.48. The van der Waals surface area contributed by atoms with Crippen LogP contribution in [0.15, 0.2) is 27.9 Å². The van der Waals surface area contributed by atoms with E-state index in [2.05, 4.69) is 11.6 Å². The van der Waals surface area contributed by atoms with Crippen molar-refractivity contribution < 1.29 is 14.9 Å². The second-order valence-electron chi connectivity index (χ2n) is 4.21. The molecule has 1 aromatic heterocycles. The molecule has 18 heavy (non-hydrogen) atoms. The molecule has 1 aliphatic rings. The topological polar surface area (TPSA) is 105 Å². The third-order valence-electron chi connectivity index (χ3n) is 2.93. The zero-order valence-corrected chi connectivity index (χ0v) is 9.79. The molecule has 0 amide bonds. The van der Waals surface area contributed by atoms with Crippen LogP contribution in [0.4, 0.5) is 0 Å². The molecule has 0 spiro atoms. The molecule has 3 N–H and O–H groups in total. The van der Waals surface area contributed by atoms with Gasteiger partial charge in [0.05, 0.1) is 6.61 Å². The molecule has 0 bridgehead atoms. The quantitative estimate of drug-likeness (QED) is 0.566. The minimum atomic E-state index is -1.04. The fourth-order valence-electron chi connectivity index (χ4n) is 1.86. The fraction of sp³-hybridized carbons (Fsp3) is 0.455. The van der Waals surface area contributed by atoms with Gasteiger partial charge in [-0.3, -0.25) is 14.3 Å². The molecular weight excluding hydrogens is 240 g/mol. The first-order valence-corrected chi connectivity index (χ1v) is 5.41. The van der Waals surface area contributed by atoms with Crippen LogP contribution in [-0.4, -0.2) is 38.6 Å².